The fourth-order valence-electron chi connectivity index (χ4n) is 1.23. The minimum atomic E-state index is -0.501. The summed E-state index contributed by atoms with van der Waals surface area (Å²) in [5.74, 6) is 0. The number of hydrogen-bond acceptors (Lipinski definition) is 4. The van der Waals surface area contributed by atoms with E-state index in [0.29, 0.717) is 5.69 Å². The SMILES string of the molecule is CC[C@H](CO)Nc1ccc([N+](=O)[O-])cc1Cl. The Balaban J connectivity index is 2.86. The maximum Gasteiger partial charge on any atom is 0.271 e. The second kappa shape index (κ2) is 5.67. The molecule has 0 spiro atoms. The molecule has 0 saturated carbocycles. The van der Waals surface area contributed by atoms with Gasteiger partial charge in [-0.3, -0.25) is 10.1 Å². The third-order valence-corrected chi connectivity index (χ3v) is 2.55. The lowest BCUT2D eigenvalue weighted by Gasteiger charge is -2.16. The summed E-state index contributed by atoms with van der Waals surface area (Å²) in [4.78, 5) is 9.98. The number of nitrogens with zero attached hydrogens (tertiary/aromatic N) is 1. The van der Waals surface area contributed by atoms with Gasteiger partial charge in [-0.15, -0.1) is 0 Å². The van der Waals surface area contributed by atoms with Crippen LogP contribution < -0.4 is 5.32 Å². The number of aliphatic hydroxyl groups is 1. The highest BCUT2D eigenvalue weighted by molar-refractivity contribution is 6.33. The van der Waals surface area contributed by atoms with E-state index in [9.17, 15) is 10.1 Å². The van der Waals surface area contributed by atoms with Crippen molar-refractivity contribution in [2.45, 2.75) is 19.4 Å². The lowest BCUT2D eigenvalue weighted by molar-refractivity contribution is -0.384. The predicted octanol–water partition coefficient (Wildman–Crippen LogP) is 2.43. The van der Waals surface area contributed by atoms with E-state index < -0.39 is 4.92 Å². The highest BCUT2D eigenvalue weighted by atomic mass is 35.5. The van der Waals surface area contributed by atoms with Crippen LogP contribution in [0, 0.1) is 10.1 Å². The van der Waals surface area contributed by atoms with Crippen LogP contribution in [0.2, 0.25) is 5.02 Å². The Morgan fingerprint density at radius 2 is 2.31 bits per heavy atom. The standard InChI is InChI=1S/C10H13ClN2O3/c1-2-7(6-14)12-10-4-3-8(13(15)16)5-9(10)11/h3-5,7,12,14H,2,6H2,1H3/t7-/m1/s1. The van der Waals surface area contributed by atoms with Crippen LogP contribution in [0.5, 0.6) is 0 Å². The Morgan fingerprint density at radius 3 is 2.75 bits per heavy atom. The van der Waals surface area contributed by atoms with E-state index in [0.717, 1.165) is 6.42 Å². The molecule has 0 aromatic heterocycles. The van der Waals surface area contributed by atoms with Gasteiger partial charge in [0.05, 0.1) is 22.2 Å². The molecule has 0 fully saturated rings. The Hall–Kier alpha value is -1.33. The summed E-state index contributed by atoms with van der Waals surface area (Å²) in [7, 11) is 0. The summed E-state index contributed by atoms with van der Waals surface area (Å²) in [6.07, 6.45) is 0.740. The summed E-state index contributed by atoms with van der Waals surface area (Å²) in [5, 5.41) is 22.8. The van der Waals surface area contributed by atoms with Crippen LogP contribution in [-0.2, 0) is 0 Å². The second-order valence-electron chi connectivity index (χ2n) is 3.35. The summed E-state index contributed by atoms with van der Waals surface area (Å²) >= 11 is 5.88. The Morgan fingerprint density at radius 1 is 1.62 bits per heavy atom. The van der Waals surface area contributed by atoms with Gasteiger partial charge in [-0.1, -0.05) is 18.5 Å². The smallest absolute Gasteiger partial charge is 0.271 e. The average molecular weight is 245 g/mol. The van der Waals surface area contributed by atoms with Crippen LogP contribution in [0.25, 0.3) is 0 Å². The van der Waals surface area contributed by atoms with Gasteiger partial charge in [0.15, 0.2) is 0 Å². The number of rotatable bonds is 5. The highest BCUT2D eigenvalue weighted by Gasteiger charge is 2.11. The van der Waals surface area contributed by atoms with Gasteiger partial charge in [0.25, 0.3) is 5.69 Å². The first kappa shape index (κ1) is 12.7. The average Bonchev–Trinajstić information content (AvgIpc) is 2.27. The first-order valence-corrected chi connectivity index (χ1v) is 5.27. The second-order valence-corrected chi connectivity index (χ2v) is 3.76. The first-order valence-electron chi connectivity index (χ1n) is 4.89. The molecule has 16 heavy (non-hydrogen) atoms. The first-order chi connectivity index (χ1) is 7.58. The van der Waals surface area contributed by atoms with E-state index in [4.69, 9.17) is 16.7 Å². The van der Waals surface area contributed by atoms with Crippen molar-refractivity contribution in [3.63, 3.8) is 0 Å². The van der Waals surface area contributed by atoms with Gasteiger partial charge in [-0.05, 0) is 12.5 Å². The molecule has 0 aliphatic rings. The summed E-state index contributed by atoms with van der Waals surface area (Å²) in [6.45, 7) is 1.91. The molecule has 0 aliphatic heterocycles. The van der Waals surface area contributed by atoms with Gasteiger partial charge >= 0.3 is 0 Å². The number of nitro benzene ring substituents is 1. The van der Waals surface area contributed by atoms with E-state index in [1.165, 1.54) is 12.1 Å². The molecule has 1 atom stereocenters. The number of benzene rings is 1. The van der Waals surface area contributed by atoms with E-state index in [1.54, 1.807) is 6.07 Å². The number of non-ortho nitro benzene ring substituents is 1. The van der Waals surface area contributed by atoms with Crippen molar-refractivity contribution in [1.29, 1.82) is 0 Å². The van der Waals surface area contributed by atoms with Crippen molar-refractivity contribution in [3.05, 3.63) is 33.3 Å². The van der Waals surface area contributed by atoms with Crippen molar-refractivity contribution in [2.24, 2.45) is 0 Å². The fraction of sp³-hybridized carbons (Fsp3) is 0.400. The molecular formula is C10H13ClN2O3. The minimum Gasteiger partial charge on any atom is -0.394 e. The molecule has 1 aromatic carbocycles. The molecule has 0 heterocycles. The molecular weight excluding hydrogens is 232 g/mol. The van der Waals surface area contributed by atoms with Crippen LogP contribution in [0.4, 0.5) is 11.4 Å². The minimum absolute atomic E-state index is 0.0101. The van der Waals surface area contributed by atoms with Gasteiger partial charge in [-0.2, -0.15) is 0 Å². The van der Waals surface area contributed by atoms with E-state index in [1.807, 2.05) is 6.92 Å². The third kappa shape index (κ3) is 3.08. The lowest BCUT2D eigenvalue weighted by Crippen LogP contribution is -2.22. The van der Waals surface area contributed by atoms with Crippen molar-refractivity contribution in [1.82, 2.24) is 0 Å². The van der Waals surface area contributed by atoms with E-state index in [-0.39, 0.29) is 23.4 Å². The van der Waals surface area contributed by atoms with Gasteiger partial charge in [-0.25, -0.2) is 0 Å². The van der Waals surface area contributed by atoms with Crippen LogP contribution in [-0.4, -0.2) is 22.7 Å². The predicted molar refractivity (Wildman–Crippen MR) is 62.9 cm³/mol. The molecule has 1 rings (SSSR count). The van der Waals surface area contributed by atoms with E-state index in [2.05, 4.69) is 5.32 Å². The number of anilines is 1. The van der Waals surface area contributed by atoms with Crippen LogP contribution in [0.15, 0.2) is 18.2 Å². The van der Waals surface area contributed by atoms with Crippen molar-refractivity contribution < 1.29 is 10.0 Å². The lowest BCUT2D eigenvalue weighted by atomic mass is 10.2. The molecule has 88 valence electrons. The van der Waals surface area contributed by atoms with Gasteiger partial charge in [0.1, 0.15) is 0 Å². The molecule has 2 N–H and O–H groups in total. The summed E-state index contributed by atoms with van der Waals surface area (Å²) < 4.78 is 0. The van der Waals surface area contributed by atoms with Crippen LogP contribution >= 0.6 is 11.6 Å². The zero-order chi connectivity index (χ0) is 12.1. The fourth-order valence-corrected chi connectivity index (χ4v) is 1.46. The maximum atomic E-state index is 10.5. The maximum absolute atomic E-state index is 10.5. The number of aliphatic hydroxyl groups excluding tert-OH is 1. The van der Waals surface area contributed by atoms with Crippen LogP contribution in [0.3, 0.4) is 0 Å². The Kier molecular flexibility index (Phi) is 4.52. The zero-order valence-electron chi connectivity index (χ0n) is 8.81. The molecule has 0 radical (unpaired) electrons. The monoisotopic (exact) mass is 244 g/mol. The van der Waals surface area contributed by atoms with Crippen molar-refractivity contribution in [3.8, 4) is 0 Å². The van der Waals surface area contributed by atoms with Crippen molar-refractivity contribution >= 4 is 23.0 Å². The topological polar surface area (TPSA) is 75.4 Å². The number of nitrogens with one attached hydrogen (secondary N) is 1. The third-order valence-electron chi connectivity index (χ3n) is 2.24. The van der Waals surface area contributed by atoms with Gasteiger partial charge in [0.2, 0.25) is 0 Å². The van der Waals surface area contributed by atoms with Gasteiger partial charge in [0, 0.05) is 18.2 Å². The molecule has 1 aromatic rings. The summed E-state index contributed by atoms with van der Waals surface area (Å²) in [5.41, 5.74) is 0.542. The molecule has 5 nitrogen and oxygen atoms in total. The molecule has 0 unspecified atom stereocenters. The molecule has 0 bridgehead atoms. The zero-order valence-corrected chi connectivity index (χ0v) is 9.57. The molecule has 0 aliphatic carbocycles. The number of halogens is 1. The largest absolute Gasteiger partial charge is 0.394 e. The Labute approximate surface area is 98.2 Å². The van der Waals surface area contributed by atoms with Gasteiger partial charge < -0.3 is 10.4 Å². The molecule has 6 heteroatoms. The van der Waals surface area contributed by atoms with E-state index >= 15 is 0 Å². The Bertz CT molecular complexity index is 380. The normalized spacial score (nSPS) is 12.2. The number of nitro groups is 1. The highest BCUT2D eigenvalue weighted by Crippen LogP contribution is 2.27. The molecule has 0 saturated heterocycles. The van der Waals surface area contributed by atoms with Crippen LogP contribution in [0.1, 0.15) is 13.3 Å². The quantitative estimate of drug-likeness (QED) is 0.616. The molecule has 0 amide bonds. The number of hydrogen-bond donors (Lipinski definition) is 2. The van der Waals surface area contributed by atoms with Crippen molar-refractivity contribution in [2.75, 3.05) is 11.9 Å². The summed E-state index contributed by atoms with van der Waals surface area (Å²) in [6, 6.07) is 4.10.